The van der Waals surface area contributed by atoms with Crippen LogP contribution < -0.4 is 0 Å². The molecule has 0 aliphatic carbocycles. The minimum Gasteiger partial charge on any atom is -0.462 e. The molecule has 91 heavy (non-hydrogen) atoms. The zero-order valence-electron chi connectivity index (χ0n) is 59.1. The van der Waals surface area contributed by atoms with Crippen LogP contribution in [0.3, 0.4) is 0 Å². The van der Waals surface area contributed by atoms with Crippen LogP contribution in [0.1, 0.15) is 369 Å². The second-order valence-corrected chi connectivity index (χ2v) is 29.8. The largest absolute Gasteiger partial charge is 0.472 e. The molecule has 17 nitrogen and oxygen atoms in total. The highest BCUT2D eigenvalue weighted by Gasteiger charge is 2.30. The van der Waals surface area contributed by atoms with Crippen molar-refractivity contribution in [3.05, 3.63) is 0 Å². The SMILES string of the molecule is CCCCCCCCCCCCCCCCC(=O)O[C@H](COC(=O)CCCCCCCCCCCCC(C)C)COP(=O)(O)OC[C@@H](O)COP(=O)(O)OC[C@@H](COC(=O)CCCCCCCCCCC(C)C)OC(=O)CCCCCCCCCCCCCCC. The Morgan fingerprint density at radius 2 is 0.505 bits per heavy atom. The summed E-state index contributed by atoms with van der Waals surface area (Å²) in [5.41, 5.74) is 0. The highest BCUT2D eigenvalue weighted by atomic mass is 31.2. The number of hydrogen-bond acceptors (Lipinski definition) is 15. The third kappa shape index (κ3) is 66.5. The summed E-state index contributed by atoms with van der Waals surface area (Å²) < 4.78 is 68.4. The summed E-state index contributed by atoms with van der Waals surface area (Å²) in [7, 11) is -9.90. The van der Waals surface area contributed by atoms with Gasteiger partial charge in [0.25, 0.3) is 0 Å². The average Bonchev–Trinajstić information content (AvgIpc) is 3.51. The molecule has 540 valence electrons. The minimum absolute atomic E-state index is 0.107. The highest BCUT2D eigenvalue weighted by Crippen LogP contribution is 2.45. The van der Waals surface area contributed by atoms with E-state index >= 15 is 0 Å². The molecule has 2 unspecified atom stereocenters. The Morgan fingerprint density at radius 3 is 0.747 bits per heavy atom. The number of aliphatic hydroxyl groups is 1. The standard InChI is InChI=1S/C72H140O17P2/c1-7-9-11-13-15-17-19-21-23-25-31-39-45-51-57-72(77)88-67(60-82-69(74)54-48-42-36-29-27-26-28-34-40-46-52-64(3)4)62-86-90(78,79)84-58-66(73)59-85-91(80,81)87-63-68(61-83-70(75)55-49-43-37-33-32-35-41-47-53-65(5)6)89-71(76)56-50-44-38-30-24-22-20-18-16-14-12-10-8-2/h64-68,73H,7-63H2,1-6H3,(H,78,79)(H,80,81)/t66-,67-,68-/m1/s1. The molecule has 0 bridgehead atoms. The van der Waals surface area contributed by atoms with Crippen molar-refractivity contribution < 1.29 is 80.2 Å². The van der Waals surface area contributed by atoms with Gasteiger partial charge in [0, 0.05) is 25.7 Å². The van der Waals surface area contributed by atoms with Gasteiger partial charge in [-0.3, -0.25) is 37.3 Å². The summed E-state index contributed by atoms with van der Waals surface area (Å²) in [6, 6.07) is 0. The van der Waals surface area contributed by atoms with E-state index in [1.807, 2.05) is 0 Å². The number of rotatable bonds is 71. The molecule has 0 aliphatic heterocycles. The summed E-state index contributed by atoms with van der Waals surface area (Å²) in [5.74, 6) is -0.634. The summed E-state index contributed by atoms with van der Waals surface area (Å²) in [5, 5.41) is 10.6. The zero-order valence-corrected chi connectivity index (χ0v) is 60.9. The molecule has 0 aliphatic rings. The smallest absolute Gasteiger partial charge is 0.462 e. The number of phosphoric ester groups is 2. The predicted octanol–water partition coefficient (Wildman–Crippen LogP) is 20.8. The quantitative estimate of drug-likeness (QED) is 0.0222. The lowest BCUT2D eigenvalue weighted by Gasteiger charge is -2.21. The van der Waals surface area contributed by atoms with E-state index in [0.29, 0.717) is 25.7 Å². The van der Waals surface area contributed by atoms with Crippen molar-refractivity contribution in [2.24, 2.45) is 11.8 Å². The minimum atomic E-state index is -4.95. The fourth-order valence-corrected chi connectivity index (χ4v) is 12.5. The van der Waals surface area contributed by atoms with Crippen LogP contribution in [0.15, 0.2) is 0 Å². The van der Waals surface area contributed by atoms with Crippen LogP contribution >= 0.6 is 15.6 Å². The Kier molecular flexibility index (Phi) is 62.7. The van der Waals surface area contributed by atoms with Crippen molar-refractivity contribution in [3.63, 3.8) is 0 Å². The van der Waals surface area contributed by atoms with E-state index in [-0.39, 0.29) is 25.7 Å². The second-order valence-electron chi connectivity index (χ2n) is 26.9. The average molecular weight is 1340 g/mol. The van der Waals surface area contributed by atoms with Gasteiger partial charge in [0.2, 0.25) is 0 Å². The van der Waals surface area contributed by atoms with Crippen molar-refractivity contribution >= 4 is 39.5 Å². The Hall–Kier alpha value is -1.94. The van der Waals surface area contributed by atoms with E-state index in [0.717, 1.165) is 102 Å². The van der Waals surface area contributed by atoms with Crippen LogP contribution in [0.2, 0.25) is 0 Å². The van der Waals surface area contributed by atoms with Gasteiger partial charge in [-0.15, -0.1) is 0 Å². The molecule has 0 spiro atoms. The van der Waals surface area contributed by atoms with E-state index in [4.69, 9.17) is 37.0 Å². The fraction of sp³-hybridized carbons (Fsp3) is 0.944. The molecule has 0 heterocycles. The third-order valence-corrected chi connectivity index (χ3v) is 18.6. The molecule has 3 N–H and O–H groups in total. The van der Waals surface area contributed by atoms with E-state index in [1.54, 1.807) is 0 Å². The first-order valence-electron chi connectivity index (χ1n) is 37.5. The van der Waals surface area contributed by atoms with Gasteiger partial charge in [-0.1, -0.05) is 318 Å². The van der Waals surface area contributed by atoms with Crippen LogP contribution in [0, 0.1) is 11.8 Å². The van der Waals surface area contributed by atoms with Crippen molar-refractivity contribution in [2.75, 3.05) is 39.6 Å². The maximum Gasteiger partial charge on any atom is 0.472 e. The summed E-state index contributed by atoms with van der Waals surface area (Å²) in [4.78, 5) is 72.7. The fourth-order valence-electron chi connectivity index (χ4n) is 10.9. The third-order valence-electron chi connectivity index (χ3n) is 16.7. The molecule has 19 heteroatoms. The first-order chi connectivity index (χ1) is 43.9. The van der Waals surface area contributed by atoms with Gasteiger partial charge in [-0.25, -0.2) is 9.13 Å². The van der Waals surface area contributed by atoms with Crippen molar-refractivity contribution in [3.8, 4) is 0 Å². The maximum absolute atomic E-state index is 13.0. The highest BCUT2D eigenvalue weighted by molar-refractivity contribution is 7.47. The van der Waals surface area contributed by atoms with Crippen molar-refractivity contribution in [1.29, 1.82) is 0 Å². The van der Waals surface area contributed by atoms with Crippen LogP contribution in [0.4, 0.5) is 0 Å². The lowest BCUT2D eigenvalue weighted by atomic mass is 10.0. The number of carbonyl (C=O) groups is 4. The molecule has 0 saturated carbocycles. The van der Waals surface area contributed by atoms with Gasteiger partial charge in [0.15, 0.2) is 12.2 Å². The maximum atomic E-state index is 13.0. The van der Waals surface area contributed by atoms with Gasteiger partial charge in [-0.2, -0.15) is 0 Å². The number of carbonyl (C=O) groups excluding carboxylic acids is 4. The van der Waals surface area contributed by atoms with E-state index in [1.165, 1.54) is 186 Å². The molecule has 0 fully saturated rings. The molecule has 0 rings (SSSR count). The first-order valence-corrected chi connectivity index (χ1v) is 40.5. The molecule has 0 aromatic heterocycles. The molecule has 0 aromatic carbocycles. The number of unbranched alkanes of at least 4 members (excludes halogenated alkanes) is 41. The van der Waals surface area contributed by atoms with E-state index < -0.39 is 97.5 Å². The first kappa shape index (κ1) is 89.1. The Bertz CT molecular complexity index is 1770. The lowest BCUT2D eigenvalue weighted by molar-refractivity contribution is -0.161. The molecular formula is C72H140O17P2. The van der Waals surface area contributed by atoms with Gasteiger partial charge in [-0.05, 0) is 37.5 Å². The molecular weight excluding hydrogens is 1200 g/mol. The Labute approximate surface area is 556 Å². The summed E-state index contributed by atoms with van der Waals surface area (Å²) in [6.45, 7) is 9.53. The number of esters is 4. The van der Waals surface area contributed by atoms with E-state index in [9.17, 15) is 43.2 Å². The molecule has 5 atom stereocenters. The van der Waals surface area contributed by atoms with Crippen LogP contribution in [-0.4, -0.2) is 96.7 Å². The molecule has 0 aromatic rings. The zero-order chi connectivity index (χ0) is 67.2. The monoisotopic (exact) mass is 1340 g/mol. The van der Waals surface area contributed by atoms with E-state index in [2.05, 4.69) is 41.5 Å². The van der Waals surface area contributed by atoms with Gasteiger partial charge in [0.05, 0.1) is 26.4 Å². The summed E-state index contributed by atoms with van der Waals surface area (Å²) in [6.07, 6.45) is 49.8. The van der Waals surface area contributed by atoms with Gasteiger partial charge >= 0.3 is 39.5 Å². The molecule has 0 saturated heterocycles. The number of ether oxygens (including phenoxy) is 4. The number of hydrogen-bond donors (Lipinski definition) is 3. The van der Waals surface area contributed by atoms with Crippen molar-refractivity contribution in [1.82, 2.24) is 0 Å². The number of aliphatic hydroxyl groups excluding tert-OH is 1. The number of phosphoric acid groups is 2. The molecule has 0 amide bonds. The van der Waals surface area contributed by atoms with Crippen LogP contribution in [0.25, 0.3) is 0 Å². The van der Waals surface area contributed by atoms with Gasteiger partial charge < -0.3 is 33.8 Å². The lowest BCUT2D eigenvalue weighted by Crippen LogP contribution is -2.30. The second kappa shape index (κ2) is 64.1. The van der Waals surface area contributed by atoms with Crippen molar-refractivity contribution in [2.45, 2.75) is 387 Å². The topological polar surface area (TPSA) is 237 Å². The predicted molar refractivity (Wildman–Crippen MR) is 368 cm³/mol. The van der Waals surface area contributed by atoms with Crippen LogP contribution in [-0.2, 0) is 65.4 Å². The Balaban J connectivity index is 5.26. The normalized spacial score (nSPS) is 14.1. The Morgan fingerprint density at radius 1 is 0.297 bits per heavy atom. The summed E-state index contributed by atoms with van der Waals surface area (Å²) >= 11 is 0. The van der Waals surface area contributed by atoms with Crippen LogP contribution in [0.5, 0.6) is 0 Å². The molecule has 0 radical (unpaired) electrons. The van der Waals surface area contributed by atoms with Gasteiger partial charge in [0.1, 0.15) is 19.3 Å².